The molecule has 0 unspecified atom stereocenters. The van der Waals surface area contributed by atoms with Crippen LogP contribution >= 0.6 is 0 Å². The summed E-state index contributed by atoms with van der Waals surface area (Å²) in [4.78, 5) is 19.5. The summed E-state index contributed by atoms with van der Waals surface area (Å²) in [6.07, 6.45) is 3.25. The Hall–Kier alpha value is -1.93. The van der Waals surface area contributed by atoms with Gasteiger partial charge in [0.05, 0.1) is 15.9 Å². The first-order valence-electron chi connectivity index (χ1n) is 9.93. The highest BCUT2D eigenvalue weighted by molar-refractivity contribution is 7.89. The van der Waals surface area contributed by atoms with Crippen LogP contribution in [0, 0.1) is 5.92 Å². The fourth-order valence-corrected chi connectivity index (χ4v) is 4.79. The second-order valence-corrected chi connectivity index (χ2v) is 9.95. The summed E-state index contributed by atoms with van der Waals surface area (Å²) in [5, 5.41) is 0. The predicted molar refractivity (Wildman–Crippen MR) is 110 cm³/mol. The number of fused-ring (bicyclic) bond motifs is 1. The Bertz CT molecular complexity index is 965. The van der Waals surface area contributed by atoms with Gasteiger partial charge in [-0.15, -0.1) is 0 Å². The SMILES string of the molecule is CCn1c(CCC(=O)N2CCC[C@H](C)C2)nc2cc(S(=O)(=O)N(C)C)ccc21. The number of piperidine rings is 1. The van der Waals surface area contributed by atoms with E-state index in [2.05, 4.69) is 16.5 Å². The third kappa shape index (κ3) is 4.07. The van der Waals surface area contributed by atoms with Crippen molar-refractivity contribution in [3.8, 4) is 0 Å². The summed E-state index contributed by atoms with van der Waals surface area (Å²) in [5.74, 6) is 1.57. The Morgan fingerprint density at radius 2 is 2.07 bits per heavy atom. The minimum absolute atomic E-state index is 0.178. The molecule has 1 aliphatic rings. The first kappa shape index (κ1) is 20.8. The van der Waals surface area contributed by atoms with Gasteiger partial charge < -0.3 is 9.47 Å². The molecule has 0 radical (unpaired) electrons. The molecule has 0 N–H and O–H groups in total. The molecule has 0 bridgehead atoms. The van der Waals surface area contributed by atoms with E-state index in [9.17, 15) is 13.2 Å². The number of nitrogens with zero attached hydrogens (tertiary/aromatic N) is 4. The van der Waals surface area contributed by atoms with E-state index in [1.807, 2.05) is 11.8 Å². The van der Waals surface area contributed by atoms with Gasteiger partial charge in [0.2, 0.25) is 15.9 Å². The molecule has 1 amide bonds. The first-order chi connectivity index (χ1) is 13.2. The summed E-state index contributed by atoms with van der Waals surface area (Å²) in [5.41, 5.74) is 1.55. The molecule has 1 atom stereocenters. The molecule has 1 fully saturated rings. The number of likely N-dealkylation sites (tertiary alicyclic amines) is 1. The molecular weight excluding hydrogens is 376 g/mol. The van der Waals surface area contributed by atoms with Crippen molar-refractivity contribution in [2.24, 2.45) is 5.92 Å². The van der Waals surface area contributed by atoms with E-state index >= 15 is 0 Å². The highest BCUT2D eigenvalue weighted by atomic mass is 32.2. The van der Waals surface area contributed by atoms with Gasteiger partial charge in [-0.2, -0.15) is 0 Å². The third-order valence-electron chi connectivity index (χ3n) is 5.47. The zero-order valence-electron chi connectivity index (χ0n) is 17.2. The van der Waals surface area contributed by atoms with Crippen molar-refractivity contribution >= 4 is 27.0 Å². The monoisotopic (exact) mass is 406 g/mol. The normalized spacial score (nSPS) is 18.2. The van der Waals surface area contributed by atoms with Crippen LogP contribution in [0.1, 0.15) is 38.9 Å². The highest BCUT2D eigenvalue weighted by Gasteiger charge is 2.22. The summed E-state index contributed by atoms with van der Waals surface area (Å²) in [6.45, 7) is 6.63. The fraction of sp³-hybridized carbons (Fsp3) is 0.600. The lowest BCUT2D eigenvalue weighted by atomic mass is 10.00. The molecule has 0 saturated carbocycles. The third-order valence-corrected chi connectivity index (χ3v) is 7.28. The molecule has 0 aliphatic carbocycles. The number of aromatic nitrogens is 2. The minimum Gasteiger partial charge on any atom is -0.342 e. The van der Waals surface area contributed by atoms with E-state index in [4.69, 9.17) is 0 Å². The molecule has 1 aliphatic heterocycles. The topological polar surface area (TPSA) is 75.5 Å². The summed E-state index contributed by atoms with van der Waals surface area (Å²) >= 11 is 0. The van der Waals surface area contributed by atoms with E-state index in [1.54, 1.807) is 18.2 Å². The van der Waals surface area contributed by atoms with Crippen LogP contribution in [0.15, 0.2) is 23.1 Å². The Balaban J connectivity index is 1.82. The standard InChI is InChI=1S/C20H30N4O3S/c1-5-24-18-9-8-16(28(26,27)22(3)4)13-17(18)21-19(24)10-11-20(25)23-12-6-7-15(2)14-23/h8-9,13,15H,5-7,10-12,14H2,1-4H3/t15-/m0/s1. The van der Waals surface area contributed by atoms with E-state index in [1.165, 1.54) is 24.8 Å². The molecule has 0 spiro atoms. The number of rotatable bonds is 6. The minimum atomic E-state index is -3.50. The second kappa shape index (κ2) is 8.21. The fourth-order valence-electron chi connectivity index (χ4n) is 3.87. The number of carbonyl (C=O) groups excluding carboxylic acids is 1. The second-order valence-electron chi connectivity index (χ2n) is 7.80. The zero-order chi connectivity index (χ0) is 20.5. The zero-order valence-corrected chi connectivity index (χ0v) is 18.0. The van der Waals surface area contributed by atoms with Crippen LogP contribution in [-0.4, -0.2) is 60.3 Å². The maximum atomic E-state index is 12.6. The molecule has 1 aromatic carbocycles. The van der Waals surface area contributed by atoms with Crippen molar-refractivity contribution in [3.63, 3.8) is 0 Å². The Labute approximate surface area is 167 Å². The number of carbonyl (C=O) groups is 1. The van der Waals surface area contributed by atoms with Crippen LogP contribution in [0.25, 0.3) is 11.0 Å². The van der Waals surface area contributed by atoms with Crippen LogP contribution in [-0.2, 0) is 27.8 Å². The van der Waals surface area contributed by atoms with Gasteiger partial charge in [-0.1, -0.05) is 6.92 Å². The van der Waals surface area contributed by atoms with Crippen molar-refractivity contribution < 1.29 is 13.2 Å². The van der Waals surface area contributed by atoms with Crippen LogP contribution in [0.5, 0.6) is 0 Å². The number of benzene rings is 1. The summed E-state index contributed by atoms with van der Waals surface area (Å²) < 4.78 is 28.1. The quantitative estimate of drug-likeness (QED) is 0.739. The van der Waals surface area contributed by atoms with E-state index in [-0.39, 0.29) is 10.8 Å². The predicted octanol–water partition coefficient (Wildman–Crippen LogP) is 2.50. The Kier molecular flexibility index (Phi) is 6.09. The lowest BCUT2D eigenvalue weighted by molar-refractivity contribution is -0.132. The molecule has 3 rings (SSSR count). The lowest BCUT2D eigenvalue weighted by Gasteiger charge is -2.31. The van der Waals surface area contributed by atoms with Gasteiger partial charge in [0.15, 0.2) is 0 Å². The van der Waals surface area contributed by atoms with Gasteiger partial charge in [-0.25, -0.2) is 17.7 Å². The van der Waals surface area contributed by atoms with E-state index < -0.39 is 10.0 Å². The number of sulfonamides is 1. The lowest BCUT2D eigenvalue weighted by Crippen LogP contribution is -2.39. The van der Waals surface area contributed by atoms with Crippen LogP contribution in [0.2, 0.25) is 0 Å². The van der Waals surface area contributed by atoms with Gasteiger partial charge >= 0.3 is 0 Å². The van der Waals surface area contributed by atoms with Crippen LogP contribution < -0.4 is 0 Å². The largest absolute Gasteiger partial charge is 0.342 e. The number of amides is 1. The molecular formula is C20H30N4O3S. The van der Waals surface area contributed by atoms with Crippen molar-refractivity contribution in [3.05, 3.63) is 24.0 Å². The van der Waals surface area contributed by atoms with Gasteiger partial charge in [0.1, 0.15) is 5.82 Å². The highest BCUT2D eigenvalue weighted by Crippen LogP contribution is 2.23. The Morgan fingerprint density at radius 3 is 2.71 bits per heavy atom. The van der Waals surface area contributed by atoms with Crippen molar-refractivity contribution in [2.45, 2.75) is 51.0 Å². The van der Waals surface area contributed by atoms with Gasteiger partial charge in [-0.05, 0) is 43.9 Å². The van der Waals surface area contributed by atoms with Gasteiger partial charge in [0.25, 0.3) is 0 Å². The van der Waals surface area contributed by atoms with Gasteiger partial charge in [-0.3, -0.25) is 4.79 Å². The number of hydrogen-bond donors (Lipinski definition) is 0. The van der Waals surface area contributed by atoms with Gasteiger partial charge in [0, 0.05) is 46.6 Å². The van der Waals surface area contributed by atoms with E-state index in [0.29, 0.717) is 24.3 Å². The smallest absolute Gasteiger partial charge is 0.242 e. The molecule has 1 aromatic heterocycles. The number of aryl methyl sites for hydroxylation is 2. The molecule has 154 valence electrons. The maximum Gasteiger partial charge on any atom is 0.242 e. The summed E-state index contributed by atoms with van der Waals surface area (Å²) in [6, 6.07) is 5.05. The molecule has 8 heteroatoms. The molecule has 2 aromatic rings. The summed E-state index contributed by atoms with van der Waals surface area (Å²) in [7, 11) is -0.468. The molecule has 7 nitrogen and oxygen atoms in total. The van der Waals surface area contributed by atoms with Crippen LogP contribution in [0.4, 0.5) is 0 Å². The first-order valence-corrected chi connectivity index (χ1v) is 11.4. The average Bonchev–Trinajstić information content (AvgIpc) is 3.02. The van der Waals surface area contributed by atoms with Crippen molar-refractivity contribution in [1.82, 2.24) is 18.8 Å². The van der Waals surface area contributed by atoms with Crippen molar-refractivity contribution in [1.29, 1.82) is 0 Å². The average molecular weight is 407 g/mol. The number of hydrogen-bond acceptors (Lipinski definition) is 4. The Morgan fingerprint density at radius 1 is 1.32 bits per heavy atom. The molecule has 2 heterocycles. The molecule has 28 heavy (non-hydrogen) atoms. The van der Waals surface area contributed by atoms with Crippen molar-refractivity contribution in [2.75, 3.05) is 27.2 Å². The number of imidazole rings is 1. The van der Waals surface area contributed by atoms with E-state index in [0.717, 1.165) is 37.4 Å². The molecule has 1 saturated heterocycles. The van der Waals surface area contributed by atoms with Crippen LogP contribution in [0.3, 0.4) is 0 Å². The maximum absolute atomic E-state index is 12.6.